The van der Waals surface area contributed by atoms with Crippen molar-refractivity contribution in [2.75, 3.05) is 13.3 Å². The Balaban J connectivity index is 2.13. The van der Waals surface area contributed by atoms with Crippen LogP contribution in [0.15, 0.2) is 0 Å². The van der Waals surface area contributed by atoms with Crippen molar-refractivity contribution in [2.45, 2.75) is 26.0 Å². The molecule has 11 heavy (non-hydrogen) atoms. The lowest BCUT2D eigenvalue weighted by atomic mass is 10.3. The van der Waals surface area contributed by atoms with Crippen LogP contribution in [0.5, 0.6) is 0 Å². The fourth-order valence-electron chi connectivity index (χ4n) is 0.980. The summed E-state index contributed by atoms with van der Waals surface area (Å²) in [6.45, 7) is 3.60. The predicted octanol–water partition coefficient (Wildman–Crippen LogP) is 0.607. The van der Waals surface area contributed by atoms with Gasteiger partial charge in [0.1, 0.15) is 6.23 Å². The number of ether oxygens (including phenoxy) is 1. The maximum atomic E-state index is 5.26. The van der Waals surface area contributed by atoms with Gasteiger partial charge in [-0.1, -0.05) is 19.1 Å². The van der Waals surface area contributed by atoms with Crippen LogP contribution in [0.4, 0.5) is 0 Å². The third-order valence-electron chi connectivity index (χ3n) is 1.52. The summed E-state index contributed by atoms with van der Waals surface area (Å²) in [6.07, 6.45) is 2.13. The quantitative estimate of drug-likeness (QED) is 0.614. The average Bonchev–Trinajstić information content (AvgIpc) is 2.40. The fraction of sp³-hybridized carbons (Fsp3) is 0.857. The summed E-state index contributed by atoms with van der Waals surface area (Å²) >= 11 is 5.07. The number of nitrogens with one attached hydrogen (secondary N) is 2. The molecule has 0 aliphatic carbocycles. The molecule has 3 nitrogen and oxygen atoms in total. The highest BCUT2D eigenvalue weighted by Crippen LogP contribution is 1.96. The summed E-state index contributed by atoms with van der Waals surface area (Å²) < 4.78 is 5.26. The highest BCUT2D eigenvalue weighted by atomic mass is 32.1. The number of hydrogen-bond acceptors (Lipinski definition) is 3. The Hall–Kier alpha value is -0.190. The minimum absolute atomic E-state index is 0.0917. The highest BCUT2D eigenvalue weighted by molar-refractivity contribution is 7.80. The van der Waals surface area contributed by atoms with Gasteiger partial charge in [0.05, 0.1) is 11.7 Å². The second-order valence-corrected chi connectivity index (χ2v) is 3.06. The summed E-state index contributed by atoms with van der Waals surface area (Å²) in [5.74, 6) is 0. The van der Waals surface area contributed by atoms with E-state index in [1.165, 1.54) is 0 Å². The van der Waals surface area contributed by atoms with Gasteiger partial charge in [0.2, 0.25) is 0 Å². The lowest BCUT2D eigenvalue weighted by Crippen LogP contribution is -2.35. The van der Waals surface area contributed by atoms with Crippen LogP contribution in [0, 0.1) is 0 Å². The van der Waals surface area contributed by atoms with E-state index in [9.17, 15) is 0 Å². The largest absolute Gasteiger partial charge is 0.354 e. The van der Waals surface area contributed by atoms with Gasteiger partial charge in [-0.3, -0.25) is 5.32 Å². The zero-order chi connectivity index (χ0) is 8.10. The van der Waals surface area contributed by atoms with Crippen molar-refractivity contribution in [3.05, 3.63) is 0 Å². The smallest absolute Gasteiger partial charge is 0.142 e. The van der Waals surface area contributed by atoms with Crippen LogP contribution in [0.2, 0.25) is 0 Å². The lowest BCUT2D eigenvalue weighted by Gasteiger charge is -2.12. The highest BCUT2D eigenvalue weighted by Gasteiger charge is 2.14. The van der Waals surface area contributed by atoms with Crippen LogP contribution in [0.25, 0.3) is 0 Å². The molecule has 0 amide bonds. The molecule has 1 aliphatic heterocycles. The van der Waals surface area contributed by atoms with E-state index in [1.54, 1.807) is 0 Å². The first-order chi connectivity index (χ1) is 5.33. The molecule has 1 heterocycles. The van der Waals surface area contributed by atoms with Gasteiger partial charge in [-0.05, 0) is 12.8 Å². The maximum absolute atomic E-state index is 5.26. The topological polar surface area (TPSA) is 33.3 Å². The van der Waals surface area contributed by atoms with E-state index in [1.807, 2.05) is 0 Å². The van der Waals surface area contributed by atoms with Gasteiger partial charge in [-0.15, -0.1) is 0 Å². The van der Waals surface area contributed by atoms with Gasteiger partial charge >= 0.3 is 0 Å². The van der Waals surface area contributed by atoms with E-state index in [0.29, 0.717) is 6.73 Å². The van der Waals surface area contributed by atoms with E-state index >= 15 is 0 Å². The first-order valence-corrected chi connectivity index (χ1v) is 4.35. The molecule has 0 aromatic carbocycles. The molecule has 2 N–H and O–H groups in total. The van der Waals surface area contributed by atoms with E-state index in [4.69, 9.17) is 17.0 Å². The molecule has 0 aromatic rings. The standard InChI is InChI=1S/C7H14N2OS/c1-2-3-7(11)9-6-4-8-5-10-6/h6,8H,2-5H2,1H3,(H,9,11). The number of rotatable bonds is 3. The zero-order valence-corrected chi connectivity index (χ0v) is 7.54. The van der Waals surface area contributed by atoms with E-state index in [0.717, 1.165) is 24.4 Å². The number of thiocarbonyl (C=S) groups is 1. The van der Waals surface area contributed by atoms with Gasteiger partial charge in [0.25, 0.3) is 0 Å². The number of hydrogen-bond donors (Lipinski definition) is 2. The molecule has 1 aliphatic rings. The lowest BCUT2D eigenvalue weighted by molar-refractivity contribution is 0.103. The summed E-state index contributed by atoms with van der Waals surface area (Å²) in [4.78, 5) is 0.904. The summed E-state index contributed by atoms with van der Waals surface area (Å²) in [7, 11) is 0. The van der Waals surface area contributed by atoms with Crippen molar-refractivity contribution in [1.82, 2.24) is 10.6 Å². The molecule has 1 rings (SSSR count). The Labute approximate surface area is 72.5 Å². The first kappa shape index (κ1) is 8.90. The fourth-order valence-corrected chi connectivity index (χ4v) is 1.32. The van der Waals surface area contributed by atoms with Crippen LogP contribution in [0.1, 0.15) is 19.8 Å². The van der Waals surface area contributed by atoms with E-state index in [-0.39, 0.29) is 6.23 Å². The molecule has 0 saturated carbocycles. The summed E-state index contributed by atoms with van der Waals surface area (Å²) in [5, 5.41) is 6.20. The van der Waals surface area contributed by atoms with Gasteiger partial charge < -0.3 is 10.1 Å². The predicted molar refractivity (Wildman–Crippen MR) is 48.4 cm³/mol. The van der Waals surface area contributed by atoms with Crippen LogP contribution in [-0.4, -0.2) is 24.5 Å². The Bertz CT molecular complexity index is 134. The third kappa shape index (κ3) is 3.14. The van der Waals surface area contributed by atoms with Crippen LogP contribution < -0.4 is 10.6 Å². The molecule has 0 aromatic heterocycles. The van der Waals surface area contributed by atoms with Crippen LogP contribution in [-0.2, 0) is 4.74 Å². The average molecular weight is 174 g/mol. The van der Waals surface area contributed by atoms with E-state index < -0.39 is 0 Å². The normalized spacial score (nSPS) is 23.5. The van der Waals surface area contributed by atoms with Crippen LogP contribution >= 0.6 is 12.2 Å². The molecule has 0 radical (unpaired) electrons. The molecule has 1 saturated heterocycles. The zero-order valence-electron chi connectivity index (χ0n) is 6.72. The van der Waals surface area contributed by atoms with Gasteiger partial charge in [0.15, 0.2) is 0 Å². The summed E-state index contributed by atoms with van der Waals surface area (Å²) in [5.41, 5.74) is 0. The van der Waals surface area contributed by atoms with Crippen molar-refractivity contribution >= 4 is 17.2 Å². The van der Waals surface area contributed by atoms with Gasteiger partial charge in [-0.25, -0.2) is 0 Å². The van der Waals surface area contributed by atoms with Crippen molar-refractivity contribution in [3.8, 4) is 0 Å². The Morgan fingerprint density at radius 1 is 1.82 bits per heavy atom. The second kappa shape index (κ2) is 4.64. The van der Waals surface area contributed by atoms with E-state index in [2.05, 4.69) is 17.6 Å². The SMILES string of the molecule is CCCC(=S)NC1CNCO1. The summed E-state index contributed by atoms with van der Waals surface area (Å²) in [6, 6.07) is 0. The molecule has 0 bridgehead atoms. The van der Waals surface area contributed by atoms with Gasteiger partial charge in [-0.2, -0.15) is 0 Å². The maximum Gasteiger partial charge on any atom is 0.142 e. The minimum Gasteiger partial charge on any atom is -0.354 e. The van der Waals surface area contributed by atoms with Gasteiger partial charge in [0, 0.05) is 6.54 Å². The Morgan fingerprint density at radius 2 is 2.64 bits per heavy atom. The Kier molecular flexibility index (Phi) is 3.76. The molecule has 1 fully saturated rings. The molecule has 4 heteroatoms. The van der Waals surface area contributed by atoms with Crippen molar-refractivity contribution in [3.63, 3.8) is 0 Å². The van der Waals surface area contributed by atoms with Crippen molar-refractivity contribution in [1.29, 1.82) is 0 Å². The Morgan fingerprint density at radius 3 is 3.18 bits per heavy atom. The molecule has 64 valence electrons. The molecular formula is C7H14N2OS. The molecule has 0 spiro atoms. The molecule has 1 unspecified atom stereocenters. The molecule has 1 atom stereocenters. The minimum atomic E-state index is 0.0917. The second-order valence-electron chi connectivity index (χ2n) is 2.57. The third-order valence-corrected chi connectivity index (χ3v) is 1.84. The first-order valence-electron chi connectivity index (χ1n) is 3.94. The van der Waals surface area contributed by atoms with Crippen LogP contribution in [0.3, 0.4) is 0 Å². The van der Waals surface area contributed by atoms with Crippen molar-refractivity contribution < 1.29 is 4.74 Å². The molecular weight excluding hydrogens is 160 g/mol. The monoisotopic (exact) mass is 174 g/mol. The van der Waals surface area contributed by atoms with Crippen molar-refractivity contribution in [2.24, 2.45) is 0 Å².